The first-order chi connectivity index (χ1) is 17.7. The van der Waals surface area contributed by atoms with Crippen molar-refractivity contribution in [2.45, 2.75) is 33.3 Å². The van der Waals surface area contributed by atoms with Crippen molar-refractivity contribution in [3.05, 3.63) is 89.6 Å². The summed E-state index contributed by atoms with van der Waals surface area (Å²) in [5.74, 6) is 0.454. The smallest absolute Gasteiger partial charge is 0.260 e. The van der Waals surface area contributed by atoms with Crippen LogP contribution < -0.4 is 4.74 Å². The van der Waals surface area contributed by atoms with Crippen LogP contribution >= 0.6 is 11.6 Å². The molecule has 4 rings (SSSR count). The second-order valence-corrected chi connectivity index (χ2v) is 9.68. The number of hydrogen-bond donors (Lipinski definition) is 1. The molecule has 192 valence electrons. The maximum Gasteiger partial charge on any atom is 0.260 e. The minimum atomic E-state index is -1.18. The summed E-state index contributed by atoms with van der Waals surface area (Å²) in [7, 11) is 0. The maximum absolute atomic E-state index is 12.8. The van der Waals surface area contributed by atoms with Gasteiger partial charge in [0.05, 0.1) is 22.1 Å². The molecule has 4 aromatic rings. The molecular formula is C30H32ClN3O3. The molecule has 6 nitrogen and oxygen atoms in total. The number of halogens is 1. The molecule has 0 spiro atoms. The quantitative estimate of drug-likeness (QED) is 0.281. The summed E-state index contributed by atoms with van der Waals surface area (Å²) in [6.07, 6.45) is 0. The third kappa shape index (κ3) is 5.87. The van der Waals surface area contributed by atoms with Crippen LogP contribution in [0.4, 0.5) is 0 Å². The van der Waals surface area contributed by atoms with E-state index >= 15 is 0 Å². The highest BCUT2D eigenvalue weighted by Crippen LogP contribution is 2.38. The molecule has 0 aliphatic rings. The highest BCUT2D eigenvalue weighted by atomic mass is 35.5. The SMILES string of the molecule is CCN(CC)C(=O)COc1cc(-c2ccccc2)ccc1-c1cc(C(C)(C)O)nn1-c1ccccc1Cl. The van der Waals surface area contributed by atoms with Gasteiger partial charge >= 0.3 is 0 Å². The lowest BCUT2D eigenvalue weighted by atomic mass is 10.00. The van der Waals surface area contributed by atoms with E-state index in [4.69, 9.17) is 21.4 Å². The molecule has 0 radical (unpaired) electrons. The van der Waals surface area contributed by atoms with Crippen molar-refractivity contribution in [1.82, 2.24) is 14.7 Å². The summed E-state index contributed by atoms with van der Waals surface area (Å²) in [6.45, 7) is 8.41. The Balaban J connectivity index is 1.87. The zero-order valence-corrected chi connectivity index (χ0v) is 22.4. The lowest BCUT2D eigenvalue weighted by molar-refractivity contribution is -0.132. The molecule has 0 saturated heterocycles. The van der Waals surface area contributed by atoms with Crippen molar-refractivity contribution in [1.29, 1.82) is 0 Å². The molecular weight excluding hydrogens is 486 g/mol. The Hall–Kier alpha value is -3.61. The number of amides is 1. The van der Waals surface area contributed by atoms with E-state index in [0.29, 0.717) is 40.9 Å². The predicted molar refractivity (Wildman–Crippen MR) is 148 cm³/mol. The summed E-state index contributed by atoms with van der Waals surface area (Å²) in [5, 5.41) is 16.0. The third-order valence-electron chi connectivity index (χ3n) is 6.25. The van der Waals surface area contributed by atoms with E-state index < -0.39 is 5.60 Å². The summed E-state index contributed by atoms with van der Waals surface area (Å²) in [6, 6.07) is 25.1. The number of benzene rings is 3. The summed E-state index contributed by atoms with van der Waals surface area (Å²) < 4.78 is 7.90. The van der Waals surface area contributed by atoms with Gasteiger partial charge in [0.15, 0.2) is 6.61 Å². The zero-order chi connectivity index (χ0) is 26.6. The van der Waals surface area contributed by atoms with Crippen molar-refractivity contribution in [2.75, 3.05) is 19.7 Å². The number of aliphatic hydroxyl groups is 1. The first-order valence-corrected chi connectivity index (χ1v) is 12.8. The van der Waals surface area contributed by atoms with E-state index in [1.165, 1.54) is 0 Å². The normalized spacial score (nSPS) is 11.4. The zero-order valence-electron chi connectivity index (χ0n) is 21.6. The molecule has 1 amide bonds. The first kappa shape index (κ1) is 26.5. The van der Waals surface area contributed by atoms with Crippen LogP contribution in [0.25, 0.3) is 28.1 Å². The van der Waals surface area contributed by atoms with E-state index in [1.54, 1.807) is 29.5 Å². The fourth-order valence-corrected chi connectivity index (χ4v) is 4.37. The summed E-state index contributed by atoms with van der Waals surface area (Å²) in [5.41, 5.74) is 3.40. The highest BCUT2D eigenvalue weighted by Gasteiger charge is 2.25. The minimum absolute atomic E-state index is 0.0853. The van der Waals surface area contributed by atoms with E-state index in [1.807, 2.05) is 86.6 Å². The second kappa shape index (κ2) is 11.2. The Morgan fingerprint density at radius 1 is 0.973 bits per heavy atom. The van der Waals surface area contributed by atoms with Crippen molar-refractivity contribution in [3.63, 3.8) is 0 Å². The van der Waals surface area contributed by atoms with Crippen molar-refractivity contribution < 1.29 is 14.6 Å². The largest absolute Gasteiger partial charge is 0.483 e. The molecule has 0 aliphatic carbocycles. The summed E-state index contributed by atoms with van der Waals surface area (Å²) >= 11 is 6.55. The van der Waals surface area contributed by atoms with E-state index in [-0.39, 0.29) is 12.5 Å². The number of nitrogens with zero attached hydrogens (tertiary/aromatic N) is 3. The van der Waals surface area contributed by atoms with Gasteiger partial charge in [-0.05, 0) is 69.2 Å². The molecule has 1 N–H and O–H groups in total. The standard InChI is InChI=1S/C30H32ClN3O3/c1-5-33(6-2)29(35)20-37-27-18-22(21-12-8-7-9-13-21)16-17-23(27)26-19-28(30(3,4)36)32-34(26)25-15-11-10-14-24(25)31/h7-19,36H,5-6,20H2,1-4H3. The topological polar surface area (TPSA) is 67.6 Å². The number of aromatic nitrogens is 2. The van der Waals surface area contributed by atoms with Crippen LogP contribution in [0.15, 0.2) is 78.9 Å². The van der Waals surface area contributed by atoms with Crippen LogP contribution in [-0.4, -0.2) is 45.4 Å². The average molecular weight is 518 g/mol. The Labute approximate surface area is 223 Å². The molecule has 1 aromatic heterocycles. The van der Waals surface area contributed by atoms with Crippen LogP contribution in [0, 0.1) is 0 Å². The molecule has 1 heterocycles. The van der Waals surface area contributed by atoms with Gasteiger partial charge in [-0.1, -0.05) is 60.1 Å². The third-order valence-corrected chi connectivity index (χ3v) is 6.57. The van der Waals surface area contributed by atoms with Crippen LogP contribution in [0.1, 0.15) is 33.4 Å². The Kier molecular flexibility index (Phi) is 8.00. The first-order valence-electron chi connectivity index (χ1n) is 12.4. The molecule has 0 unspecified atom stereocenters. The average Bonchev–Trinajstić information content (AvgIpc) is 3.34. The van der Waals surface area contributed by atoms with Gasteiger partial charge in [-0.25, -0.2) is 4.68 Å². The lowest BCUT2D eigenvalue weighted by Gasteiger charge is -2.20. The van der Waals surface area contributed by atoms with E-state index in [0.717, 1.165) is 16.7 Å². The lowest BCUT2D eigenvalue weighted by Crippen LogP contribution is -2.34. The van der Waals surface area contributed by atoms with Gasteiger partial charge in [-0.2, -0.15) is 5.10 Å². The van der Waals surface area contributed by atoms with Crippen molar-refractivity contribution in [3.8, 4) is 33.8 Å². The van der Waals surface area contributed by atoms with Crippen molar-refractivity contribution >= 4 is 17.5 Å². The van der Waals surface area contributed by atoms with E-state index in [2.05, 4.69) is 0 Å². The predicted octanol–water partition coefficient (Wildman–Crippen LogP) is 6.33. The Morgan fingerprint density at radius 3 is 2.30 bits per heavy atom. The van der Waals surface area contributed by atoms with E-state index in [9.17, 15) is 9.90 Å². The second-order valence-electron chi connectivity index (χ2n) is 9.27. The summed E-state index contributed by atoms with van der Waals surface area (Å²) in [4.78, 5) is 14.5. The van der Waals surface area contributed by atoms with Gasteiger partial charge in [-0.3, -0.25) is 4.79 Å². The highest BCUT2D eigenvalue weighted by molar-refractivity contribution is 6.32. The van der Waals surface area contributed by atoms with Crippen LogP contribution in [0.2, 0.25) is 5.02 Å². The number of para-hydroxylation sites is 1. The number of carbonyl (C=O) groups is 1. The number of likely N-dealkylation sites (N-methyl/N-ethyl adjacent to an activating group) is 1. The molecule has 3 aromatic carbocycles. The Bertz CT molecular complexity index is 1370. The van der Waals surface area contributed by atoms with Crippen LogP contribution in [0.3, 0.4) is 0 Å². The van der Waals surface area contributed by atoms with Gasteiger partial charge in [0.2, 0.25) is 0 Å². The molecule has 0 bridgehead atoms. The van der Waals surface area contributed by atoms with Gasteiger partial charge in [0, 0.05) is 18.7 Å². The minimum Gasteiger partial charge on any atom is -0.483 e. The molecule has 0 saturated carbocycles. The monoisotopic (exact) mass is 517 g/mol. The number of rotatable bonds is 9. The molecule has 0 aliphatic heterocycles. The molecule has 0 fully saturated rings. The van der Waals surface area contributed by atoms with Gasteiger partial charge < -0.3 is 14.7 Å². The fraction of sp³-hybridized carbons (Fsp3) is 0.267. The van der Waals surface area contributed by atoms with Crippen molar-refractivity contribution in [2.24, 2.45) is 0 Å². The molecule has 0 atom stereocenters. The number of hydrogen-bond acceptors (Lipinski definition) is 4. The van der Waals surface area contributed by atoms with Gasteiger partial charge in [-0.15, -0.1) is 0 Å². The molecule has 7 heteroatoms. The van der Waals surface area contributed by atoms with Crippen LogP contribution in [0.5, 0.6) is 5.75 Å². The Morgan fingerprint density at radius 2 is 1.65 bits per heavy atom. The van der Waals surface area contributed by atoms with Crippen LogP contribution in [-0.2, 0) is 10.4 Å². The van der Waals surface area contributed by atoms with Gasteiger partial charge in [0.1, 0.15) is 11.4 Å². The fourth-order valence-electron chi connectivity index (χ4n) is 4.15. The molecule has 37 heavy (non-hydrogen) atoms. The maximum atomic E-state index is 12.8. The van der Waals surface area contributed by atoms with Gasteiger partial charge in [0.25, 0.3) is 5.91 Å². The number of ether oxygens (including phenoxy) is 1. The number of carbonyl (C=O) groups excluding carboxylic acids is 1.